The summed E-state index contributed by atoms with van der Waals surface area (Å²) in [5, 5.41) is 2.34. The second-order valence-electron chi connectivity index (χ2n) is 2.94. The van der Waals surface area contributed by atoms with E-state index in [-0.39, 0.29) is 19.1 Å². The summed E-state index contributed by atoms with van der Waals surface area (Å²) < 4.78 is 9.77. The molecule has 1 aromatic carbocycles. The van der Waals surface area contributed by atoms with Crippen molar-refractivity contribution in [2.45, 2.75) is 0 Å². The summed E-state index contributed by atoms with van der Waals surface area (Å²) in [6.07, 6.45) is 0. The summed E-state index contributed by atoms with van der Waals surface area (Å²) in [4.78, 5) is 21.9. The first-order valence-corrected chi connectivity index (χ1v) is 4.76. The molecule has 1 amide bonds. The lowest BCUT2D eigenvalue weighted by Gasteiger charge is -2.05. The average molecular weight is 223 g/mol. The molecule has 0 saturated heterocycles. The molecule has 1 N–H and O–H groups in total. The highest BCUT2D eigenvalue weighted by molar-refractivity contribution is 5.80. The Balaban J connectivity index is 2.23. The minimum absolute atomic E-state index is 0.207. The molecule has 0 aliphatic heterocycles. The maximum Gasteiger partial charge on any atom is 0.344 e. The average Bonchev–Trinajstić information content (AvgIpc) is 2.34. The van der Waals surface area contributed by atoms with Gasteiger partial charge < -0.3 is 14.8 Å². The van der Waals surface area contributed by atoms with E-state index in [4.69, 9.17) is 4.74 Å². The van der Waals surface area contributed by atoms with Gasteiger partial charge >= 0.3 is 5.97 Å². The Morgan fingerprint density at radius 1 is 1.19 bits per heavy atom. The van der Waals surface area contributed by atoms with Gasteiger partial charge in [-0.15, -0.1) is 0 Å². The van der Waals surface area contributed by atoms with Gasteiger partial charge in [0.15, 0.2) is 13.2 Å². The van der Waals surface area contributed by atoms with E-state index < -0.39 is 5.97 Å². The first-order chi connectivity index (χ1) is 7.72. The second kappa shape index (κ2) is 6.44. The molecule has 0 aliphatic rings. The van der Waals surface area contributed by atoms with Gasteiger partial charge in [0, 0.05) is 7.05 Å². The fraction of sp³-hybridized carbons (Fsp3) is 0.273. The van der Waals surface area contributed by atoms with Crippen molar-refractivity contribution in [1.29, 1.82) is 0 Å². The SMILES string of the molecule is CNC(=O)COC(=O)COc1ccccc1. The van der Waals surface area contributed by atoms with Gasteiger partial charge in [-0.25, -0.2) is 4.79 Å². The first-order valence-electron chi connectivity index (χ1n) is 4.76. The van der Waals surface area contributed by atoms with E-state index in [1.54, 1.807) is 24.3 Å². The molecule has 1 aromatic rings. The summed E-state index contributed by atoms with van der Waals surface area (Å²) in [5.41, 5.74) is 0. The normalized spacial score (nSPS) is 9.31. The lowest BCUT2D eigenvalue weighted by Crippen LogP contribution is -2.26. The number of benzene rings is 1. The monoisotopic (exact) mass is 223 g/mol. The molecule has 5 heteroatoms. The molecule has 0 heterocycles. The molecule has 1 rings (SSSR count). The third-order valence-corrected chi connectivity index (χ3v) is 1.74. The first kappa shape index (κ1) is 12.0. The molecule has 16 heavy (non-hydrogen) atoms. The second-order valence-corrected chi connectivity index (χ2v) is 2.94. The van der Waals surface area contributed by atoms with Gasteiger partial charge in [-0.05, 0) is 12.1 Å². The third kappa shape index (κ3) is 4.45. The molecule has 0 bridgehead atoms. The molecule has 5 nitrogen and oxygen atoms in total. The zero-order chi connectivity index (χ0) is 11.8. The van der Waals surface area contributed by atoms with Crippen LogP contribution in [0.25, 0.3) is 0 Å². The van der Waals surface area contributed by atoms with Crippen molar-refractivity contribution in [3.05, 3.63) is 30.3 Å². The summed E-state index contributed by atoms with van der Waals surface area (Å²) in [5.74, 6) is -0.347. The Bertz CT molecular complexity index is 350. The number of hydrogen-bond acceptors (Lipinski definition) is 4. The smallest absolute Gasteiger partial charge is 0.344 e. The zero-order valence-electron chi connectivity index (χ0n) is 8.93. The van der Waals surface area contributed by atoms with Gasteiger partial charge in [0.05, 0.1) is 0 Å². The van der Waals surface area contributed by atoms with Gasteiger partial charge in [0.25, 0.3) is 5.91 Å². The molecule has 86 valence electrons. The standard InChI is InChI=1S/C11H13NO4/c1-12-10(13)7-16-11(14)8-15-9-5-3-2-4-6-9/h2-6H,7-8H2,1H3,(H,12,13). The predicted octanol–water partition coefficient (Wildman–Crippen LogP) is 0.355. The van der Waals surface area contributed by atoms with Crippen molar-refractivity contribution in [3.63, 3.8) is 0 Å². The third-order valence-electron chi connectivity index (χ3n) is 1.74. The van der Waals surface area contributed by atoms with E-state index in [1.807, 2.05) is 6.07 Å². The Hall–Kier alpha value is -2.04. The van der Waals surface area contributed by atoms with Gasteiger partial charge in [-0.2, -0.15) is 0 Å². The molecule has 0 radical (unpaired) electrons. The zero-order valence-corrected chi connectivity index (χ0v) is 8.93. The molecular weight excluding hydrogens is 210 g/mol. The fourth-order valence-corrected chi connectivity index (χ4v) is 0.919. The van der Waals surface area contributed by atoms with Crippen LogP contribution >= 0.6 is 0 Å². The number of hydrogen-bond donors (Lipinski definition) is 1. The molecule has 0 aromatic heterocycles. The van der Waals surface area contributed by atoms with E-state index in [0.717, 1.165) is 0 Å². The molecule has 0 fully saturated rings. The highest BCUT2D eigenvalue weighted by Crippen LogP contribution is 2.07. The van der Waals surface area contributed by atoms with E-state index in [0.29, 0.717) is 5.75 Å². The van der Waals surface area contributed by atoms with Gasteiger partial charge in [-0.1, -0.05) is 18.2 Å². The molecule has 0 atom stereocenters. The molecular formula is C11H13NO4. The fourth-order valence-electron chi connectivity index (χ4n) is 0.919. The number of ether oxygens (including phenoxy) is 2. The summed E-state index contributed by atoms with van der Waals surface area (Å²) in [6, 6.07) is 8.89. The molecule has 0 saturated carbocycles. The Labute approximate surface area is 93.4 Å². The number of nitrogens with one attached hydrogen (secondary N) is 1. The Morgan fingerprint density at radius 2 is 1.88 bits per heavy atom. The van der Waals surface area contributed by atoms with Crippen molar-refractivity contribution < 1.29 is 19.1 Å². The maximum absolute atomic E-state index is 11.1. The highest BCUT2D eigenvalue weighted by atomic mass is 16.6. The van der Waals surface area contributed by atoms with Crippen LogP contribution in [0.2, 0.25) is 0 Å². The quantitative estimate of drug-likeness (QED) is 0.732. The lowest BCUT2D eigenvalue weighted by molar-refractivity contribution is -0.150. The van der Waals surface area contributed by atoms with E-state index >= 15 is 0 Å². The minimum atomic E-state index is -0.576. The van der Waals surface area contributed by atoms with Crippen LogP contribution in [-0.4, -0.2) is 32.1 Å². The number of esters is 1. The van der Waals surface area contributed by atoms with Crippen LogP contribution in [0.1, 0.15) is 0 Å². The number of rotatable bonds is 5. The van der Waals surface area contributed by atoms with Gasteiger partial charge in [-0.3, -0.25) is 4.79 Å². The van der Waals surface area contributed by atoms with Crippen LogP contribution in [0.3, 0.4) is 0 Å². The van der Waals surface area contributed by atoms with Crippen LogP contribution in [0.15, 0.2) is 30.3 Å². The van der Waals surface area contributed by atoms with Crippen molar-refractivity contribution in [2.24, 2.45) is 0 Å². The minimum Gasteiger partial charge on any atom is -0.482 e. The highest BCUT2D eigenvalue weighted by Gasteiger charge is 2.06. The van der Waals surface area contributed by atoms with E-state index in [2.05, 4.69) is 10.1 Å². The van der Waals surface area contributed by atoms with Crippen LogP contribution in [0.4, 0.5) is 0 Å². The number of para-hydroxylation sites is 1. The van der Waals surface area contributed by atoms with Crippen molar-refractivity contribution in [3.8, 4) is 5.75 Å². The number of carbonyl (C=O) groups is 2. The largest absolute Gasteiger partial charge is 0.482 e. The van der Waals surface area contributed by atoms with Crippen LogP contribution in [0, 0.1) is 0 Å². The van der Waals surface area contributed by atoms with E-state index in [9.17, 15) is 9.59 Å². The van der Waals surface area contributed by atoms with Gasteiger partial charge in [0.1, 0.15) is 5.75 Å². The summed E-state index contributed by atoms with van der Waals surface area (Å²) in [6.45, 7) is -0.492. The maximum atomic E-state index is 11.1. The van der Waals surface area contributed by atoms with Crippen molar-refractivity contribution in [2.75, 3.05) is 20.3 Å². The Kier molecular flexibility index (Phi) is 4.85. The van der Waals surface area contributed by atoms with Crippen LogP contribution < -0.4 is 10.1 Å². The lowest BCUT2D eigenvalue weighted by atomic mass is 10.3. The molecule has 0 spiro atoms. The van der Waals surface area contributed by atoms with E-state index in [1.165, 1.54) is 7.05 Å². The number of amides is 1. The van der Waals surface area contributed by atoms with Crippen LogP contribution in [0.5, 0.6) is 5.75 Å². The number of carbonyl (C=O) groups excluding carboxylic acids is 2. The summed E-state index contributed by atoms with van der Waals surface area (Å²) >= 11 is 0. The topological polar surface area (TPSA) is 64.6 Å². The molecule has 0 aliphatic carbocycles. The van der Waals surface area contributed by atoms with Gasteiger partial charge in [0.2, 0.25) is 0 Å². The predicted molar refractivity (Wildman–Crippen MR) is 57.0 cm³/mol. The summed E-state index contributed by atoms with van der Waals surface area (Å²) in [7, 11) is 1.47. The molecule has 0 unspecified atom stereocenters. The van der Waals surface area contributed by atoms with Crippen molar-refractivity contribution in [1.82, 2.24) is 5.32 Å². The number of likely N-dealkylation sites (N-methyl/N-ethyl adjacent to an activating group) is 1. The van der Waals surface area contributed by atoms with Crippen molar-refractivity contribution >= 4 is 11.9 Å². The Morgan fingerprint density at radius 3 is 2.50 bits per heavy atom. The van der Waals surface area contributed by atoms with Crippen LogP contribution in [-0.2, 0) is 14.3 Å².